The average molecular weight is 402 g/mol. The summed E-state index contributed by atoms with van der Waals surface area (Å²) in [6.07, 6.45) is 5.74. The number of carbonyl (C=O) groups excluding carboxylic acids is 1. The van der Waals surface area contributed by atoms with E-state index in [9.17, 15) is 4.79 Å². The van der Waals surface area contributed by atoms with E-state index in [4.69, 9.17) is 0 Å². The molecule has 0 radical (unpaired) electrons. The number of halogens is 1. The maximum atomic E-state index is 12.1. The number of hydrogen-bond donors (Lipinski definition) is 1. The predicted molar refractivity (Wildman–Crippen MR) is 100 cm³/mol. The molecular weight excluding hydrogens is 382 g/mol. The summed E-state index contributed by atoms with van der Waals surface area (Å²) >= 11 is 3.42. The Hall–Kier alpha value is -2.41. The summed E-state index contributed by atoms with van der Waals surface area (Å²) < 4.78 is 4.53. The second-order valence-corrected chi connectivity index (χ2v) is 6.89. The van der Waals surface area contributed by atoms with Gasteiger partial charge in [-0.2, -0.15) is 10.2 Å². The van der Waals surface area contributed by atoms with E-state index in [0.29, 0.717) is 25.2 Å². The number of aryl methyl sites for hydroxylation is 3. The molecule has 0 saturated carbocycles. The number of nitrogens with one attached hydrogen (secondary N) is 1. The summed E-state index contributed by atoms with van der Waals surface area (Å²) in [5.41, 5.74) is 4.02. The molecule has 0 bridgehead atoms. The van der Waals surface area contributed by atoms with Crippen molar-refractivity contribution in [1.29, 1.82) is 0 Å². The Balaban J connectivity index is 1.51. The van der Waals surface area contributed by atoms with Crippen LogP contribution in [0.25, 0.3) is 0 Å². The zero-order valence-corrected chi connectivity index (χ0v) is 15.8. The van der Waals surface area contributed by atoms with E-state index in [2.05, 4.69) is 62.6 Å². The van der Waals surface area contributed by atoms with Crippen LogP contribution in [0, 0.1) is 13.8 Å². The minimum atomic E-state index is -0.0563. The fourth-order valence-corrected chi connectivity index (χ4v) is 2.76. The van der Waals surface area contributed by atoms with Crippen molar-refractivity contribution in [3.8, 4) is 0 Å². The van der Waals surface area contributed by atoms with E-state index in [0.717, 1.165) is 10.2 Å². The number of amides is 1. The van der Waals surface area contributed by atoms with Gasteiger partial charge in [0.1, 0.15) is 0 Å². The highest BCUT2D eigenvalue weighted by Gasteiger charge is 2.07. The predicted octanol–water partition coefficient (Wildman–Crippen LogP) is 3.54. The quantitative estimate of drug-likeness (QED) is 0.686. The van der Waals surface area contributed by atoms with Gasteiger partial charge in [-0.1, -0.05) is 29.8 Å². The number of hydrogen-bond acceptors (Lipinski definition) is 3. The Kier molecular flexibility index (Phi) is 5.33. The molecule has 0 fully saturated rings. The lowest BCUT2D eigenvalue weighted by Gasteiger charge is -2.04. The van der Waals surface area contributed by atoms with Gasteiger partial charge in [0.05, 0.1) is 28.6 Å². The van der Waals surface area contributed by atoms with Gasteiger partial charge in [-0.15, -0.1) is 0 Å². The molecule has 1 N–H and O–H groups in total. The summed E-state index contributed by atoms with van der Waals surface area (Å²) in [6, 6.07) is 8.33. The zero-order valence-electron chi connectivity index (χ0n) is 14.2. The SMILES string of the molecule is Cc1ccc(Cn2cc(NC(=O)CCn3cc(Br)c(C)n3)cn2)cc1. The van der Waals surface area contributed by atoms with Crippen molar-refractivity contribution in [1.82, 2.24) is 19.6 Å². The first-order chi connectivity index (χ1) is 12.0. The van der Waals surface area contributed by atoms with Crippen molar-refractivity contribution in [2.75, 3.05) is 5.32 Å². The van der Waals surface area contributed by atoms with Crippen molar-refractivity contribution in [2.45, 2.75) is 33.4 Å². The smallest absolute Gasteiger partial charge is 0.226 e. The number of benzene rings is 1. The Morgan fingerprint density at radius 1 is 1.16 bits per heavy atom. The van der Waals surface area contributed by atoms with Crippen molar-refractivity contribution < 1.29 is 4.79 Å². The van der Waals surface area contributed by atoms with Gasteiger partial charge in [-0.3, -0.25) is 14.2 Å². The monoisotopic (exact) mass is 401 g/mol. The molecule has 6 nitrogen and oxygen atoms in total. The number of rotatable bonds is 6. The van der Waals surface area contributed by atoms with Crippen molar-refractivity contribution >= 4 is 27.5 Å². The van der Waals surface area contributed by atoms with E-state index in [1.165, 1.54) is 11.1 Å². The third kappa shape index (κ3) is 4.79. The van der Waals surface area contributed by atoms with E-state index in [1.54, 1.807) is 10.9 Å². The van der Waals surface area contributed by atoms with Crippen LogP contribution in [-0.4, -0.2) is 25.5 Å². The third-order valence-electron chi connectivity index (χ3n) is 3.84. The first-order valence-corrected chi connectivity index (χ1v) is 8.86. The first kappa shape index (κ1) is 17.4. The van der Waals surface area contributed by atoms with Crippen molar-refractivity contribution in [3.05, 3.63) is 64.1 Å². The van der Waals surface area contributed by atoms with Crippen molar-refractivity contribution in [3.63, 3.8) is 0 Å². The largest absolute Gasteiger partial charge is 0.323 e. The van der Waals surface area contributed by atoms with Crippen LogP contribution in [0.5, 0.6) is 0 Å². The van der Waals surface area contributed by atoms with Crippen LogP contribution < -0.4 is 5.32 Å². The summed E-state index contributed by atoms with van der Waals surface area (Å²) in [5.74, 6) is -0.0563. The zero-order chi connectivity index (χ0) is 17.8. The van der Waals surface area contributed by atoms with Gasteiger partial charge in [0.15, 0.2) is 0 Å². The molecule has 1 amide bonds. The van der Waals surface area contributed by atoms with Crippen LogP contribution in [0.3, 0.4) is 0 Å². The van der Waals surface area contributed by atoms with Gasteiger partial charge in [-0.25, -0.2) is 0 Å². The second-order valence-electron chi connectivity index (χ2n) is 6.04. The molecule has 0 saturated heterocycles. The maximum absolute atomic E-state index is 12.1. The lowest BCUT2D eigenvalue weighted by molar-refractivity contribution is -0.116. The Labute approximate surface area is 155 Å². The Morgan fingerprint density at radius 3 is 2.60 bits per heavy atom. The molecule has 1 aromatic carbocycles. The molecule has 130 valence electrons. The molecule has 25 heavy (non-hydrogen) atoms. The maximum Gasteiger partial charge on any atom is 0.226 e. The van der Waals surface area contributed by atoms with Crippen molar-refractivity contribution in [2.24, 2.45) is 0 Å². The standard InChI is InChI=1S/C18H20BrN5O/c1-13-3-5-15(6-4-13)10-24-11-16(9-20-24)21-18(25)7-8-23-12-17(19)14(2)22-23/h3-6,9,11-12H,7-8,10H2,1-2H3,(H,21,25). The van der Waals surface area contributed by atoms with Gasteiger partial charge in [0.2, 0.25) is 5.91 Å². The molecule has 0 aliphatic carbocycles. The van der Waals surface area contributed by atoms with Crippen LogP contribution in [-0.2, 0) is 17.9 Å². The normalized spacial score (nSPS) is 10.8. The Bertz CT molecular complexity index is 846. The number of nitrogens with zero attached hydrogens (tertiary/aromatic N) is 4. The molecular formula is C18H20BrN5O. The van der Waals surface area contributed by atoms with Gasteiger partial charge >= 0.3 is 0 Å². The highest BCUT2D eigenvalue weighted by Crippen LogP contribution is 2.14. The van der Waals surface area contributed by atoms with Crippen LogP contribution in [0.1, 0.15) is 23.2 Å². The molecule has 2 aromatic heterocycles. The van der Waals surface area contributed by atoms with Crippen LogP contribution in [0.2, 0.25) is 0 Å². The summed E-state index contributed by atoms with van der Waals surface area (Å²) in [5, 5.41) is 11.5. The fraction of sp³-hybridized carbons (Fsp3) is 0.278. The molecule has 2 heterocycles. The van der Waals surface area contributed by atoms with Gasteiger partial charge in [-0.05, 0) is 35.3 Å². The van der Waals surface area contributed by atoms with Gasteiger partial charge < -0.3 is 5.32 Å². The summed E-state index contributed by atoms with van der Waals surface area (Å²) in [6.45, 7) is 5.20. The van der Waals surface area contributed by atoms with Gasteiger partial charge in [0, 0.05) is 25.4 Å². The lowest BCUT2D eigenvalue weighted by atomic mass is 10.1. The topological polar surface area (TPSA) is 64.7 Å². The third-order valence-corrected chi connectivity index (χ3v) is 4.62. The minimum Gasteiger partial charge on any atom is -0.323 e. The van der Waals surface area contributed by atoms with E-state index in [-0.39, 0.29) is 5.91 Å². The fourth-order valence-electron chi connectivity index (χ4n) is 2.44. The number of aromatic nitrogens is 4. The molecule has 3 rings (SSSR count). The van der Waals surface area contributed by atoms with E-state index >= 15 is 0 Å². The number of carbonyl (C=O) groups is 1. The molecule has 7 heteroatoms. The first-order valence-electron chi connectivity index (χ1n) is 8.07. The van der Waals surface area contributed by atoms with E-state index in [1.807, 2.05) is 24.0 Å². The highest BCUT2D eigenvalue weighted by atomic mass is 79.9. The summed E-state index contributed by atoms with van der Waals surface area (Å²) in [4.78, 5) is 12.1. The van der Waals surface area contributed by atoms with E-state index < -0.39 is 0 Å². The molecule has 0 spiro atoms. The van der Waals surface area contributed by atoms with Crippen LogP contribution in [0.4, 0.5) is 5.69 Å². The minimum absolute atomic E-state index is 0.0563. The van der Waals surface area contributed by atoms with Crippen LogP contribution >= 0.6 is 15.9 Å². The number of anilines is 1. The molecule has 0 aliphatic rings. The lowest BCUT2D eigenvalue weighted by Crippen LogP contribution is -2.14. The summed E-state index contributed by atoms with van der Waals surface area (Å²) in [7, 11) is 0. The second kappa shape index (κ2) is 7.65. The molecule has 0 atom stereocenters. The molecule has 0 aliphatic heterocycles. The molecule has 3 aromatic rings. The highest BCUT2D eigenvalue weighted by molar-refractivity contribution is 9.10. The van der Waals surface area contributed by atoms with Gasteiger partial charge in [0.25, 0.3) is 0 Å². The molecule has 0 unspecified atom stereocenters. The Morgan fingerprint density at radius 2 is 1.92 bits per heavy atom. The van der Waals surface area contributed by atoms with Crippen LogP contribution in [0.15, 0.2) is 47.3 Å². The average Bonchev–Trinajstić information content (AvgIpc) is 3.14.